The van der Waals surface area contributed by atoms with Crippen LogP contribution in [0.5, 0.6) is 0 Å². The molecular formula is C19H18N4O2. The monoisotopic (exact) mass is 334 g/mol. The van der Waals surface area contributed by atoms with Gasteiger partial charge in [-0.2, -0.15) is 4.68 Å². The third-order valence-corrected chi connectivity index (χ3v) is 3.75. The first-order valence-electron chi connectivity index (χ1n) is 7.83. The molecule has 0 aliphatic carbocycles. The maximum Gasteiger partial charge on any atom is 0.348 e. The number of nitrogens with one attached hydrogen (secondary N) is 2. The molecule has 0 spiro atoms. The average molecular weight is 334 g/mol. The van der Waals surface area contributed by atoms with Crippen molar-refractivity contribution in [3.63, 3.8) is 0 Å². The third kappa shape index (κ3) is 3.74. The number of aryl methyl sites for hydroxylation is 1. The highest BCUT2D eigenvalue weighted by molar-refractivity contribution is 5.86. The number of benzene rings is 2. The molecule has 0 unspecified atom stereocenters. The number of nitrogens with zero attached hydrogens (tertiary/aromatic N) is 2. The zero-order chi connectivity index (χ0) is 17.8. The summed E-state index contributed by atoms with van der Waals surface area (Å²) in [4.78, 5) is 26.3. The van der Waals surface area contributed by atoms with E-state index in [1.165, 1.54) is 10.8 Å². The van der Waals surface area contributed by atoms with E-state index in [0.29, 0.717) is 18.1 Å². The summed E-state index contributed by atoms with van der Waals surface area (Å²) < 4.78 is 1.31. The number of carbonyl (C=O) groups excluding carboxylic acids is 1. The van der Waals surface area contributed by atoms with Crippen LogP contribution >= 0.6 is 0 Å². The quantitative estimate of drug-likeness (QED) is 0.703. The summed E-state index contributed by atoms with van der Waals surface area (Å²) in [5.41, 5.74) is 3.16. The van der Waals surface area contributed by atoms with Gasteiger partial charge in [0.2, 0.25) is 5.91 Å². The lowest BCUT2D eigenvalue weighted by Gasteiger charge is -2.05. The van der Waals surface area contributed by atoms with Crippen molar-refractivity contribution in [2.45, 2.75) is 13.5 Å². The fourth-order valence-corrected chi connectivity index (χ4v) is 2.40. The van der Waals surface area contributed by atoms with Crippen LogP contribution in [0.25, 0.3) is 17.1 Å². The molecule has 0 radical (unpaired) electrons. The van der Waals surface area contributed by atoms with E-state index >= 15 is 0 Å². The largest absolute Gasteiger partial charge is 0.348 e. The molecule has 1 aromatic heterocycles. The van der Waals surface area contributed by atoms with E-state index in [1.807, 2.05) is 49.4 Å². The van der Waals surface area contributed by atoms with E-state index in [1.54, 1.807) is 6.07 Å². The number of carbonyl (C=O) groups is 1. The molecule has 126 valence electrons. The van der Waals surface area contributed by atoms with Gasteiger partial charge in [0.05, 0.1) is 5.69 Å². The van der Waals surface area contributed by atoms with Crippen LogP contribution in [0.1, 0.15) is 11.1 Å². The first-order chi connectivity index (χ1) is 12.1. The Hall–Kier alpha value is -3.41. The van der Waals surface area contributed by atoms with Crippen molar-refractivity contribution < 1.29 is 4.79 Å². The summed E-state index contributed by atoms with van der Waals surface area (Å²) in [6, 6.07) is 15.1. The SMILES string of the molecule is C=CC(=O)NCc1cccc(-n2nc(-c3ccc(C)cc3)[nH]c2=O)c1. The molecule has 2 N–H and O–H groups in total. The van der Waals surface area contributed by atoms with E-state index in [2.05, 4.69) is 22.0 Å². The molecule has 0 fully saturated rings. The minimum Gasteiger partial charge on any atom is -0.348 e. The van der Waals surface area contributed by atoms with Crippen molar-refractivity contribution in [2.24, 2.45) is 0 Å². The normalized spacial score (nSPS) is 10.4. The fourth-order valence-electron chi connectivity index (χ4n) is 2.40. The van der Waals surface area contributed by atoms with E-state index in [4.69, 9.17) is 0 Å². The topological polar surface area (TPSA) is 79.8 Å². The standard InChI is InChI=1S/C19H18N4O2/c1-3-17(24)20-12-14-5-4-6-16(11-14)23-19(25)21-18(22-23)15-9-7-13(2)8-10-15/h3-11H,1,12H2,2H3,(H,20,24)(H,21,22,25). The van der Waals surface area contributed by atoms with Crippen molar-refractivity contribution in [1.82, 2.24) is 20.1 Å². The maximum absolute atomic E-state index is 12.3. The minimum atomic E-state index is -0.317. The molecule has 0 saturated carbocycles. The molecule has 1 heterocycles. The Labute approximate surface area is 144 Å². The van der Waals surface area contributed by atoms with Crippen LogP contribution in [-0.4, -0.2) is 20.7 Å². The molecule has 0 saturated heterocycles. The lowest BCUT2D eigenvalue weighted by molar-refractivity contribution is -0.116. The van der Waals surface area contributed by atoms with Gasteiger partial charge in [-0.3, -0.25) is 9.78 Å². The molecule has 0 bridgehead atoms. The molecule has 2 aromatic carbocycles. The van der Waals surface area contributed by atoms with Gasteiger partial charge in [0.15, 0.2) is 5.82 Å². The Morgan fingerprint density at radius 3 is 2.76 bits per heavy atom. The van der Waals surface area contributed by atoms with Gasteiger partial charge in [-0.15, -0.1) is 5.10 Å². The number of hydrogen-bond donors (Lipinski definition) is 2. The van der Waals surface area contributed by atoms with E-state index in [9.17, 15) is 9.59 Å². The zero-order valence-corrected chi connectivity index (χ0v) is 13.8. The van der Waals surface area contributed by atoms with Crippen molar-refractivity contribution in [3.8, 4) is 17.1 Å². The minimum absolute atomic E-state index is 0.246. The van der Waals surface area contributed by atoms with Crippen LogP contribution in [-0.2, 0) is 11.3 Å². The third-order valence-electron chi connectivity index (χ3n) is 3.75. The predicted molar refractivity (Wildman–Crippen MR) is 96.4 cm³/mol. The van der Waals surface area contributed by atoms with Gasteiger partial charge in [0, 0.05) is 12.1 Å². The summed E-state index contributed by atoms with van der Waals surface area (Å²) in [5, 5.41) is 7.08. The summed E-state index contributed by atoms with van der Waals surface area (Å²) in [6.07, 6.45) is 1.22. The summed E-state index contributed by atoms with van der Waals surface area (Å²) in [7, 11) is 0. The molecule has 3 rings (SSSR count). The highest BCUT2D eigenvalue weighted by Gasteiger charge is 2.09. The number of H-pyrrole nitrogens is 1. The van der Waals surface area contributed by atoms with Gasteiger partial charge in [-0.05, 0) is 30.7 Å². The van der Waals surface area contributed by atoms with Crippen molar-refractivity contribution in [3.05, 3.63) is 82.8 Å². The second-order valence-corrected chi connectivity index (χ2v) is 5.65. The highest BCUT2D eigenvalue weighted by atomic mass is 16.2. The van der Waals surface area contributed by atoms with Gasteiger partial charge < -0.3 is 5.32 Å². The number of aromatic nitrogens is 3. The number of amides is 1. The van der Waals surface area contributed by atoms with Crippen LogP contribution in [0.3, 0.4) is 0 Å². The molecule has 6 nitrogen and oxygen atoms in total. The smallest absolute Gasteiger partial charge is 0.348 e. The Kier molecular flexibility index (Phi) is 4.61. The molecule has 3 aromatic rings. The Bertz CT molecular complexity index is 968. The Morgan fingerprint density at radius 2 is 2.04 bits per heavy atom. The van der Waals surface area contributed by atoms with E-state index in [-0.39, 0.29) is 11.6 Å². The van der Waals surface area contributed by atoms with Gasteiger partial charge in [0.1, 0.15) is 0 Å². The van der Waals surface area contributed by atoms with Crippen LogP contribution < -0.4 is 11.0 Å². The Balaban J connectivity index is 1.89. The van der Waals surface area contributed by atoms with Crippen LogP contribution in [0.2, 0.25) is 0 Å². The van der Waals surface area contributed by atoms with Crippen LogP contribution in [0, 0.1) is 6.92 Å². The lowest BCUT2D eigenvalue weighted by Crippen LogP contribution is -2.20. The summed E-state index contributed by atoms with van der Waals surface area (Å²) in [6.45, 7) is 5.77. The fraction of sp³-hybridized carbons (Fsp3) is 0.105. The highest BCUT2D eigenvalue weighted by Crippen LogP contribution is 2.15. The maximum atomic E-state index is 12.3. The first-order valence-corrected chi connectivity index (χ1v) is 7.83. The van der Waals surface area contributed by atoms with Crippen molar-refractivity contribution in [2.75, 3.05) is 0 Å². The van der Waals surface area contributed by atoms with Crippen LogP contribution in [0.15, 0.2) is 66.0 Å². The number of rotatable bonds is 5. The molecular weight excluding hydrogens is 316 g/mol. The van der Waals surface area contributed by atoms with Crippen molar-refractivity contribution >= 4 is 5.91 Å². The second-order valence-electron chi connectivity index (χ2n) is 5.65. The molecule has 0 aliphatic rings. The van der Waals surface area contributed by atoms with Gasteiger partial charge in [0.25, 0.3) is 0 Å². The summed E-state index contributed by atoms with van der Waals surface area (Å²) in [5.74, 6) is 0.263. The van der Waals surface area contributed by atoms with Gasteiger partial charge >= 0.3 is 5.69 Å². The lowest BCUT2D eigenvalue weighted by atomic mass is 10.1. The average Bonchev–Trinajstić information content (AvgIpc) is 3.02. The predicted octanol–water partition coefficient (Wildman–Crippen LogP) is 2.34. The zero-order valence-electron chi connectivity index (χ0n) is 13.8. The molecule has 1 amide bonds. The van der Waals surface area contributed by atoms with Crippen molar-refractivity contribution in [1.29, 1.82) is 0 Å². The Morgan fingerprint density at radius 1 is 1.28 bits per heavy atom. The number of aromatic amines is 1. The van der Waals surface area contributed by atoms with E-state index in [0.717, 1.165) is 16.7 Å². The van der Waals surface area contributed by atoms with Gasteiger partial charge in [-0.25, -0.2) is 4.79 Å². The van der Waals surface area contributed by atoms with Gasteiger partial charge in [-0.1, -0.05) is 48.5 Å². The van der Waals surface area contributed by atoms with E-state index < -0.39 is 0 Å². The first kappa shape index (κ1) is 16.4. The second kappa shape index (κ2) is 7.00. The molecule has 25 heavy (non-hydrogen) atoms. The molecule has 0 aliphatic heterocycles. The molecule has 0 atom stereocenters. The van der Waals surface area contributed by atoms with Crippen LogP contribution in [0.4, 0.5) is 0 Å². The molecule has 6 heteroatoms. The number of hydrogen-bond acceptors (Lipinski definition) is 3. The summed E-state index contributed by atoms with van der Waals surface area (Å²) >= 11 is 0.